The summed E-state index contributed by atoms with van der Waals surface area (Å²) in [5.41, 5.74) is 7.52. The average Bonchev–Trinajstić information content (AvgIpc) is 2.95. The molecule has 4 aromatic rings. The molecule has 2 aromatic carbocycles. The van der Waals surface area contributed by atoms with Crippen molar-refractivity contribution in [1.82, 2.24) is 4.57 Å². The molecule has 0 fully saturated rings. The first-order chi connectivity index (χ1) is 12.4. The topological polar surface area (TPSA) is 70.4 Å². The van der Waals surface area contributed by atoms with Gasteiger partial charge in [0.15, 0.2) is 5.58 Å². The van der Waals surface area contributed by atoms with Crippen LogP contribution in [0.25, 0.3) is 27.8 Å². The molecule has 0 radical (unpaired) electrons. The Kier molecular flexibility index (Phi) is 3.81. The third-order valence-corrected chi connectivity index (χ3v) is 4.16. The van der Waals surface area contributed by atoms with Gasteiger partial charge < -0.3 is 14.9 Å². The minimum Gasteiger partial charge on any atom is -0.452 e. The Balaban J connectivity index is 2.01. The number of rotatable bonds is 3. The van der Waals surface area contributed by atoms with Gasteiger partial charge in [0.2, 0.25) is 0 Å². The van der Waals surface area contributed by atoms with Crippen LogP contribution in [0, 0.1) is 0 Å². The molecule has 2 N–H and O–H groups in total. The first-order valence-electron chi connectivity index (χ1n) is 7.52. The number of furan rings is 1. The zero-order valence-electron chi connectivity index (χ0n) is 13.1. The number of hydrogen-bond acceptors (Lipinski definition) is 4. The predicted octanol–water partition coefficient (Wildman–Crippen LogP) is 4.57. The standard InChI is InChI=1S/C18H11ClF2N2O3/c19-9-1-6-14-12(7-9)16-17(26-14)13(22)8-15(24)23(16)10-2-4-11(5-3-10)25-18(20)21/h1-8,18H,22H2. The summed E-state index contributed by atoms with van der Waals surface area (Å²) in [6.45, 7) is -2.92. The highest BCUT2D eigenvalue weighted by Crippen LogP contribution is 2.34. The molecule has 0 aliphatic heterocycles. The van der Waals surface area contributed by atoms with E-state index >= 15 is 0 Å². The molecule has 0 amide bonds. The van der Waals surface area contributed by atoms with Crippen molar-refractivity contribution in [2.75, 3.05) is 5.73 Å². The van der Waals surface area contributed by atoms with Gasteiger partial charge in [-0.15, -0.1) is 0 Å². The number of alkyl halides is 2. The third-order valence-electron chi connectivity index (χ3n) is 3.93. The summed E-state index contributed by atoms with van der Waals surface area (Å²) >= 11 is 6.08. The molecule has 132 valence electrons. The monoisotopic (exact) mass is 376 g/mol. The highest BCUT2D eigenvalue weighted by Gasteiger charge is 2.17. The summed E-state index contributed by atoms with van der Waals surface area (Å²) in [6.07, 6.45) is 0. The van der Waals surface area contributed by atoms with E-state index < -0.39 is 6.61 Å². The van der Waals surface area contributed by atoms with Gasteiger partial charge in [0.1, 0.15) is 16.8 Å². The number of hydrogen-bond donors (Lipinski definition) is 1. The first-order valence-corrected chi connectivity index (χ1v) is 7.90. The lowest BCUT2D eigenvalue weighted by atomic mass is 10.2. The second-order valence-electron chi connectivity index (χ2n) is 5.57. The van der Waals surface area contributed by atoms with Crippen LogP contribution in [0.4, 0.5) is 14.5 Å². The Morgan fingerprint density at radius 2 is 1.85 bits per heavy atom. The fraction of sp³-hybridized carbons (Fsp3) is 0.0556. The van der Waals surface area contributed by atoms with Crippen LogP contribution >= 0.6 is 11.6 Å². The molecule has 26 heavy (non-hydrogen) atoms. The Morgan fingerprint density at radius 1 is 1.12 bits per heavy atom. The van der Waals surface area contributed by atoms with Crippen molar-refractivity contribution in [3.63, 3.8) is 0 Å². The maximum Gasteiger partial charge on any atom is 0.387 e. The van der Waals surface area contributed by atoms with E-state index in [0.29, 0.717) is 32.8 Å². The van der Waals surface area contributed by atoms with E-state index in [2.05, 4.69) is 4.74 Å². The van der Waals surface area contributed by atoms with E-state index in [0.717, 1.165) is 0 Å². The normalized spacial score (nSPS) is 11.5. The summed E-state index contributed by atoms with van der Waals surface area (Å²) in [5, 5.41) is 1.09. The maximum absolute atomic E-state index is 12.6. The van der Waals surface area contributed by atoms with Gasteiger partial charge in [-0.3, -0.25) is 9.36 Å². The number of nitrogens with zero attached hydrogens (tertiary/aromatic N) is 1. The largest absolute Gasteiger partial charge is 0.452 e. The van der Waals surface area contributed by atoms with Gasteiger partial charge >= 0.3 is 6.61 Å². The highest BCUT2D eigenvalue weighted by atomic mass is 35.5. The Hall–Kier alpha value is -3.06. The fourth-order valence-corrected chi connectivity index (χ4v) is 3.05. The number of nitrogens with two attached hydrogens (primary N) is 1. The Labute approximate surface area is 150 Å². The lowest BCUT2D eigenvalue weighted by Gasteiger charge is -2.10. The van der Waals surface area contributed by atoms with Crippen molar-refractivity contribution in [1.29, 1.82) is 0 Å². The lowest BCUT2D eigenvalue weighted by Crippen LogP contribution is -2.18. The summed E-state index contributed by atoms with van der Waals surface area (Å²) < 4.78 is 36.1. The van der Waals surface area contributed by atoms with E-state index in [1.807, 2.05) is 0 Å². The number of aromatic nitrogens is 1. The molecule has 0 spiro atoms. The molecule has 2 heterocycles. The molecule has 4 rings (SSSR count). The molecule has 2 aromatic heterocycles. The van der Waals surface area contributed by atoms with Gasteiger partial charge in [0, 0.05) is 22.2 Å². The summed E-state index contributed by atoms with van der Waals surface area (Å²) in [7, 11) is 0. The summed E-state index contributed by atoms with van der Waals surface area (Å²) in [6, 6.07) is 12.0. The molecule has 0 aliphatic carbocycles. The number of nitrogen functional groups attached to an aromatic ring is 1. The Morgan fingerprint density at radius 3 is 2.54 bits per heavy atom. The van der Waals surface area contributed by atoms with Gasteiger partial charge in [-0.2, -0.15) is 8.78 Å². The lowest BCUT2D eigenvalue weighted by molar-refractivity contribution is -0.0498. The van der Waals surface area contributed by atoms with Crippen molar-refractivity contribution < 1.29 is 17.9 Å². The van der Waals surface area contributed by atoms with Crippen LogP contribution in [0.2, 0.25) is 5.02 Å². The van der Waals surface area contributed by atoms with Crippen LogP contribution in [0.15, 0.2) is 57.7 Å². The van der Waals surface area contributed by atoms with E-state index in [-0.39, 0.29) is 17.0 Å². The Bertz CT molecular complexity index is 1180. The summed E-state index contributed by atoms with van der Waals surface area (Å²) in [4.78, 5) is 12.6. The van der Waals surface area contributed by atoms with Crippen molar-refractivity contribution in [2.45, 2.75) is 6.61 Å². The molecular weight excluding hydrogens is 366 g/mol. The quantitative estimate of drug-likeness (QED) is 0.568. The van der Waals surface area contributed by atoms with Crippen molar-refractivity contribution in [3.8, 4) is 11.4 Å². The smallest absolute Gasteiger partial charge is 0.387 e. The summed E-state index contributed by atoms with van der Waals surface area (Å²) in [5.74, 6) is -0.0106. The van der Waals surface area contributed by atoms with Gasteiger partial charge in [-0.05, 0) is 42.5 Å². The minimum absolute atomic E-state index is 0.0106. The zero-order chi connectivity index (χ0) is 18.4. The second-order valence-corrected chi connectivity index (χ2v) is 6.00. The number of halogens is 3. The maximum atomic E-state index is 12.6. The van der Waals surface area contributed by atoms with Crippen molar-refractivity contribution in [2.24, 2.45) is 0 Å². The fourth-order valence-electron chi connectivity index (χ4n) is 2.88. The van der Waals surface area contributed by atoms with E-state index in [9.17, 15) is 13.6 Å². The average molecular weight is 377 g/mol. The number of anilines is 1. The zero-order valence-corrected chi connectivity index (χ0v) is 13.8. The number of fused-ring (bicyclic) bond motifs is 3. The van der Waals surface area contributed by atoms with Crippen LogP contribution in [-0.4, -0.2) is 11.2 Å². The minimum atomic E-state index is -2.92. The molecule has 8 heteroatoms. The molecule has 0 aliphatic rings. The number of pyridine rings is 1. The predicted molar refractivity (Wildman–Crippen MR) is 95.4 cm³/mol. The molecule has 0 saturated carbocycles. The third kappa shape index (κ3) is 2.66. The molecule has 0 atom stereocenters. The van der Waals surface area contributed by atoms with Crippen molar-refractivity contribution in [3.05, 3.63) is 63.9 Å². The number of benzene rings is 2. The molecule has 0 bridgehead atoms. The molecule has 5 nitrogen and oxygen atoms in total. The SMILES string of the molecule is Nc1cc(=O)n(-c2ccc(OC(F)F)cc2)c2c1oc1ccc(Cl)cc12. The van der Waals surface area contributed by atoms with Crippen molar-refractivity contribution >= 4 is 39.4 Å². The number of ether oxygens (including phenoxy) is 1. The van der Waals surface area contributed by atoms with Gasteiger partial charge in [0.25, 0.3) is 5.56 Å². The highest BCUT2D eigenvalue weighted by molar-refractivity contribution is 6.31. The van der Waals surface area contributed by atoms with Crippen LogP contribution in [-0.2, 0) is 0 Å². The van der Waals surface area contributed by atoms with Gasteiger partial charge in [0.05, 0.1) is 5.69 Å². The van der Waals surface area contributed by atoms with Gasteiger partial charge in [-0.25, -0.2) is 0 Å². The van der Waals surface area contributed by atoms with E-state index in [4.69, 9.17) is 21.8 Å². The van der Waals surface area contributed by atoms with Crippen LogP contribution in [0.1, 0.15) is 0 Å². The first kappa shape index (κ1) is 16.4. The van der Waals surface area contributed by atoms with E-state index in [1.165, 1.54) is 34.9 Å². The second kappa shape index (κ2) is 6.03. The molecular formula is C18H11ClF2N2O3. The molecule has 0 saturated heterocycles. The molecule has 0 unspecified atom stereocenters. The van der Waals surface area contributed by atoms with Crippen LogP contribution < -0.4 is 16.0 Å². The van der Waals surface area contributed by atoms with Gasteiger partial charge in [-0.1, -0.05) is 11.6 Å². The van der Waals surface area contributed by atoms with Crippen LogP contribution in [0.3, 0.4) is 0 Å². The van der Waals surface area contributed by atoms with Crippen LogP contribution in [0.5, 0.6) is 5.75 Å². The van der Waals surface area contributed by atoms with E-state index in [1.54, 1.807) is 18.2 Å².